The number of aliphatic hydroxyl groups excluding tert-OH is 1. The molecule has 3 fully saturated rings. The number of nitrogens with one attached hydrogen (secondary N) is 1. The van der Waals surface area contributed by atoms with Gasteiger partial charge in [0, 0.05) is 23.4 Å². The number of carbonyl (C=O) groups is 2. The van der Waals surface area contributed by atoms with Crippen molar-refractivity contribution in [3.8, 4) is 0 Å². The number of carboxylic acids is 1. The Labute approximate surface area is 232 Å². The molecule has 5 rings (SSSR count). The number of aliphatic hydroxyl groups is 1. The average Bonchev–Trinajstić information content (AvgIpc) is 3.42. The minimum atomic E-state index is -1.03. The Kier molecular flexibility index (Phi) is 7.63. The summed E-state index contributed by atoms with van der Waals surface area (Å²) in [7, 11) is -1.03. The summed E-state index contributed by atoms with van der Waals surface area (Å²) in [5.74, 6) is -1.51. The molecule has 0 aromatic heterocycles. The minimum absolute atomic E-state index is 0. The van der Waals surface area contributed by atoms with Crippen molar-refractivity contribution in [3.63, 3.8) is 0 Å². The van der Waals surface area contributed by atoms with Crippen LogP contribution in [0.1, 0.15) is 65.4 Å². The van der Waals surface area contributed by atoms with Crippen molar-refractivity contribution in [2.75, 3.05) is 5.32 Å². The van der Waals surface area contributed by atoms with Gasteiger partial charge in [-0.2, -0.15) is 0 Å². The molecule has 0 amide bonds. The molecule has 208 valence electrons. The Morgan fingerprint density at radius 1 is 1.29 bits per heavy atom. The van der Waals surface area contributed by atoms with Crippen LogP contribution in [0.15, 0.2) is 30.9 Å². The van der Waals surface area contributed by atoms with Crippen molar-refractivity contribution in [2.24, 2.45) is 39.9 Å². The highest BCUT2D eigenvalue weighted by molar-refractivity contribution is 6.61. The first kappa shape index (κ1) is 29.1. The molecular formula is C29H41BClNO6. The van der Waals surface area contributed by atoms with Crippen molar-refractivity contribution >= 4 is 42.4 Å². The fraction of sp³-hybridized carbons (Fsp3) is 0.655. The third-order valence-corrected chi connectivity index (χ3v) is 11.2. The number of hydrogen-bond acceptors (Lipinski definition) is 6. The van der Waals surface area contributed by atoms with Crippen molar-refractivity contribution in [1.82, 2.24) is 0 Å². The number of rotatable bonds is 5. The Bertz CT molecular complexity index is 1130. The van der Waals surface area contributed by atoms with E-state index in [1.807, 2.05) is 19.1 Å². The minimum Gasteiger partial charge on any atom is -0.480 e. The third-order valence-electron chi connectivity index (χ3n) is 11.2. The first-order valence-corrected chi connectivity index (χ1v) is 13.6. The second kappa shape index (κ2) is 9.95. The molecule has 7 nitrogen and oxygen atoms in total. The van der Waals surface area contributed by atoms with Gasteiger partial charge in [0.1, 0.15) is 11.8 Å². The normalized spacial score (nSPS) is 40.7. The van der Waals surface area contributed by atoms with Gasteiger partial charge in [-0.15, -0.1) is 19.0 Å². The Balaban J connectivity index is 0.00000336. The molecule has 4 N–H and O–H groups in total. The lowest BCUT2D eigenvalue weighted by Gasteiger charge is -2.63. The van der Waals surface area contributed by atoms with Gasteiger partial charge >= 0.3 is 13.1 Å². The van der Waals surface area contributed by atoms with E-state index in [-0.39, 0.29) is 41.4 Å². The second-order valence-corrected chi connectivity index (χ2v) is 12.7. The SMILES string of the molecule is C=C[C@]1(C)C[C@@H](C(Nc2ccc3c(c2)B(O)OC3)C(=O)O)[C@]2(C)[C@@H]3C(=O)CC[C@@]3(CC[C@@H]2C)[C@@H](C)[C@@H]1O.Cl. The van der Waals surface area contributed by atoms with Gasteiger partial charge in [0.15, 0.2) is 0 Å². The van der Waals surface area contributed by atoms with E-state index >= 15 is 0 Å². The Morgan fingerprint density at radius 2 is 2.00 bits per heavy atom. The number of benzene rings is 1. The van der Waals surface area contributed by atoms with Gasteiger partial charge in [-0.05, 0) is 77.4 Å². The van der Waals surface area contributed by atoms with Crippen LogP contribution in [0.3, 0.4) is 0 Å². The van der Waals surface area contributed by atoms with E-state index in [0.717, 1.165) is 24.8 Å². The standard InChI is InChI=1S/C29H40BNO6.ClH/c1-6-27(4)14-20(23(26(34)35)31-19-8-7-18-15-37-30(36)21(18)13-19)28(5)16(2)9-11-29(17(3)25(27)33)12-10-22(32)24(28)29;/h6-8,13,16-17,20,23-25,31,33,36H,1,9-12,14-15H2,2-5H3,(H,34,35);1H/t16-,17-,20-,23?,24-,25-,27+,28+,29-;/m0./s1. The quantitative estimate of drug-likeness (QED) is 0.328. The Morgan fingerprint density at radius 3 is 2.66 bits per heavy atom. The van der Waals surface area contributed by atoms with Gasteiger partial charge in [0.2, 0.25) is 0 Å². The number of hydrogen-bond donors (Lipinski definition) is 4. The van der Waals surface area contributed by atoms with Crippen LogP contribution in [0.5, 0.6) is 0 Å². The van der Waals surface area contributed by atoms with E-state index in [1.165, 1.54) is 0 Å². The lowest BCUT2D eigenvalue weighted by Crippen LogP contribution is -2.63. The van der Waals surface area contributed by atoms with Gasteiger partial charge in [-0.25, -0.2) is 4.79 Å². The van der Waals surface area contributed by atoms with E-state index in [2.05, 4.69) is 32.7 Å². The summed E-state index contributed by atoms with van der Waals surface area (Å²) in [6.07, 6.45) is 4.43. The van der Waals surface area contributed by atoms with Crippen LogP contribution < -0.4 is 10.8 Å². The number of ketones is 1. The number of carboxylic acid groups (broad SMARTS) is 1. The molecule has 1 aromatic rings. The number of anilines is 1. The highest BCUT2D eigenvalue weighted by atomic mass is 35.5. The maximum atomic E-state index is 13.7. The number of aliphatic carboxylic acids is 1. The summed E-state index contributed by atoms with van der Waals surface area (Å²) >= 11 is 0. The molecule has 4 aliphatic rings. The summed E-state index contributed by atoms with van der Waals surface area (Å²) in [6.45, 7) is 12.8. The monoisotopic (exact) mass is 545 g/mol. The Hall–Kier alpha value is -1.87. The van der Waals surface area contributed by atoms with Crippen LogP contribution in [-0.2, 0) is 20.9 Å². The molecule has 3 saturated carbocycles. The number of halogens is 1. The summed E-state index contributed by atoms with van der Waals surface area (Å²) in [4.78, 5) is 26.7. The summed E-state index contributed by atoms with van der Waals surface area (Å²) in [6, 6.07) is 4.42. The van der Waals surface area contributed by atoms with E-state index in [4.69, 9.17) is 4.65 Å². The van der Waals surface area contributed by atoms with Crippen LogP contribution in [0.2, 0.25) is 0 Å². The van der Waals surface area contributed by atoms with Crippen LogP contribution in [0, 0.1) is 39.9 Å². The largest absolute Gasteiger partial charge is 0.491 e. The fourth-order valence-electron chi connectivity index (χ4n) is 8.78. The second-order valence-electron chi connectivity index (χ2n) is 12.7. The maximum Gasteiger partial charge on any atom is 0.491 e. The number of fused-ring (bicyclic) bond motifs is 1. The number of Topliss-reactive ketones (excluding diaryl/α,β-unsaturated/α-hetero) is 1. The molecule has 1 heterocycles. The van der Waals surface area contributed by atoms with Crippen LogP contribution in [0.25, 0.3) is 0 Å². The smallest absolute Gasteiger partial charge is 0.480 e. The van der Waals surface area contributed by atoms with Crippen molar-refractivity contribution < 1.29 is 29.5 Å². The molecule has 1 aliphatic heterocycles. The molecule has 0 radical (unpaired) electrons. The molecular weight excluding hydrogens is 505 g/mol. The molecule has 0 saturated heterocycles. The van der Waals surface area contributed by atoms with Gasteiger partial charge in [-0.1, -0.05) is 39.8 Å². The van der Waals surface area contributed by atoms with Crippen LogP contribution in [0.4, 0.5) is 5.69 Å². The van der Waals surface area contributed by atoms with Crippen LogP contribution in [-0.4, -0.2) is 46.3 Å². The van der Waals surface area contributed by atoms with Crippen molar-refractivity contribution in [2.45, 2.75) is 78.6 Å². The summed E-state index contributed by atoms with van der Waals surface area (Å²) in [5.41, 5.74) is 0.445. The lowest BCUT2D eigenvalue weighted by atomic mass is 9.41. The third kappa shape index (κ3) is 4.06. The predicted molar refractivity (Wildman–Crippen MR) is 149 cm³/mol. The van der Waals surface area contributed by atoms with Gasteiger partial charge in [-0.3, -0.25) is 4.79 Å². The van der Waals surface area contributed by atoms with E-state index < -0.39 is 42.0 Å². The zero-order valence-corrected chi connectivity index (χ0v) is 23.6. The van der Waals surface area contributed by atoms with E-state index in [1.54, 1.807) is 12.1 Å². The molecule has 9 heteroatoms. The molecule has 38 heavy (non-hydrogen) atoms. The molecule has 2 bridgehead atoms. The van der Waals surface area contributed by atoms with Crippen molar-refractivity contribution in [1.29, 1.82) is 0 Å². The molecule has 9 atom stereocenters. The highest BCUT2D eigenvalue weighted by Gasteiger charge is 2.68. The fourth-order valence-corrected chi connectivity index (χ4v) is 8.78. The van der Waals surface area contributed by atoms with Gasteiger partial charge < -0.3 is 25.2 Å². The maximum absolute atomic E-state index is 13.7. The topological polar surface area (TPSA) is 116 Å². The zero-order chi connectivity index (χ0) is 26.9. The predicted octanol–water partition coefficient (Wildman–Crippen LogP) is 3.80. The molecule has 1 unspecified atom stereocenters. The van der Waals surface area contributed by atoms with Crippen molar-refractivity contribution in [3.05, 3.63) is 36.4 Å². The first-order valence-electron chi connectivity index (χ1n) is 13.6. The average molecular weight is 546 g/mol. The lowest BCUT2D eigenvalue weighted by molar-refractivity contribution is -0.181. The number of carbonyl (C=O) groups excluding carboxylic acids is 1. The van der Waals surface area contributed by atoms with Gasteiger partial charge in [0.25, 0.3) is 0 Å². The molecule has 3 aliphatic carbocycles. The summed E-state index contributed by atoms with van der Waals surface area (Å²) in [5, 5.41) is 35.9. The highest BCUT2D eigenvalue weighted by Crippen LogP contribution is 2.69. The van der Waals surface area contributed by atoms with Crippen LogP contribution >= 0.6 is 12.4 Å². The zero-order valence-electron chi connectivity index (χ0n) is 22.8. The molecule has 0 spiro atoms. The van der Waals surface area contributed by atoms with E-state index in [9.17, 15) is 24.8 Å². The summed E-state index contributed by atoms with van der Waals surface area (Å²) < 4.78 is 5.32. The van der Waals surface area contributed by atoms with Gasteiger partial charge in [0.05, 0.1) is 12.7 Å². The van der Waals surface area contributed by atoms with E-state index in [0.29, 0.717) is 30.6 Å². The molecule has 1 aromatic carbocycles. The first-order chi connectivity index (χ1) is 17.4.